The van der Waals surface area contributed by atoms with Gasteiger partial charge >= 0.3 is 6.18 Å². The van der Waals surface area contributed by atoms with Crippen LogP contribution in [-0.4, -0.2) is 128 Å². The Morgan fingerprint density at radius 1 is 0.979 bits per heavy atom. The van der Waals surface area contributed by atoms with Crippen molar-refractivity contribution in [3.63, 3.8) is 0 Å². The number of aliphatic hydroxyl groups is 2. The molecule has 3 fully saturated rings. The molecule has 2 amide bonds. The van der Waals surface area contributed by atoms with Gasteiger partial charge in [-0.05, 0) is 57.3 Å². The molecule has 5 heterocycles. The van der Waals surface area contributed by atoms with Crippen molar-refractivity contribution in [1.82, 2.24) is 29.4 Å². The number of benzene rings is 1. The molecule has 1 atom stereocenters. The molecule has 3 saturated heterocycles. The summed E-state index contributed by atoms with van der Waals surface area (Å²) in [6.45, 7) is 5.66. The van der Waals surface area contributed by atoms with Gasteiger partial charge in [-0.3, -0.25) is 14.3 Å². The highest BCUT2D eigenvalue weighted by atomic mass is 32.2. The van der Waals surface area contributed by atoms with Gasteiger partial charge in [0.2, 0.25) is 11.8 Å². The van der Waals surface area contributed by atoms with Gasteiger partial charge in [0, 0.05) is 92.2 Å². The third kappa shape index (κ3) is 8.20. The second-order valence-corrected chi connectivity index (χ2v) is 14.7. The topological polar surface area (TPSA) is 105 Å². The number of amides is 2. The van der Waals surface area contributed by atoms with Crippen molar-refractivity contribution >= 4 is 23.6 Å². The number of alkyl halides is 3. The molecule has 14 heteroatoms. The van der Waals surface area contributed by atoms with Gasteiger partial charge < -0.3 is 29.8 Å². The molecule has 1 aromatic heterocycles. The molecule has 0 aliphatic carbocycles. The average Bonchev–Trinajstić information content (AvgIpc) is 3.67. The van der Waals surface area contributed by atoms with Crippen LogP contribution in [0.2, 0.25) is 0 Å². The fraction of sp³-hybridized carbons (Fsp3) is 0.676. The van der Waals surface area contributed by atoms with Crippen LogP contribution in [0.25, 0.3) is 11.3 Å². The number of hydrogen-bond acceptors (Lipinski definition) is 8. The number of fused-ring (bicyclic) bond motifs is 1. The monoisotopic (exact) mass is 692 g/mol. The first-order chi connectivity index (χ1) is 23.1. The first-order valence-electron chi connectivity index (χ1n) is 17.3. The summed E-state index contributed by atoms with van der Waals surface area (Å²) in [5, 5.41) is 25.6. The zero-order valence-electron chi connectivity index (χ0n) is 27.5. The molecule has 6 rings (SSSR count). The average molecular weight is 693 g/mol. The van der Waals surface area contributed by atoms with Crippen molar-refractivity contribution < 1.29 is 33.0 Å². The van der Waals surface area contributed by atoms with Gasteiger partial charge in [-0.1, -0.05) is 12.5 Å². The van der Waals surface area contributed by atoms with Gasteiger partial charge in [-0.15, -0.1) is 11.8 Å². The Morgan fingerprint density at radius 2 is 1.75 bits per heavy atom. The van der Waals surface area contributed by atoms with Crippen LogP contribution in [0.15, 0.2) is 23.1 Å². The number of halogens is 3. The number of piperidine rings is 2. The molecule has 1 unspecified atom stereocenters. The Hall–Kier alpha value is -2.65. The Balaban J connectivity index is 1.20. The van der Waals surface area contributed by atoms with Gasteiger partial charge in [0.15, 0.2) is 0 Å². The number of carbonyl (C=O) groups is 2. The van der Waals surface area contributed by atoms with Crippen molar-refractivity contribution in [2.45, 2.75) is 87.7 Å². The predicted octanol–water partition coefficient (Wildman–Crippen LogP) is 3.47. The predicted molar refractivity (Wildman–Crippen MR) is 176 cm³/mol. The lowest BCUT2D eigenvalue weighted by atomic mass is 9.99. The van der Waals surface area contributed by atoms with E-state index in [1.165, 1.54) is 24.2 Å². The Morgan fingerprint density at radius 3 is 2.44 bits per heavy atom. The molecule has 0 radical (unpaired) electrons. The van der Waals surface area contributed by atoms with E-state index in [4.69, 9.17) is 5.10 Å². The summed E-state index contributed by atoms with van der Waals surface area (Å²) in [7, 11) is 0. The fourth-order valence-electron chi connectivity index (χ4n) is 7.70. The van der Waals surface area contributed by atoms with Crippen molar-refractivity contribution in [1.29, 1.82) is 0 Å². The van der Waals surface area contributed by atoms with Crippen LogP contribution in [0.5, 0.6) is 0 Å². The molecule has 0 saturated carbocycles. The number of likely N-dealkylation sites (tertiary alicyclic amines) is 3. The van der Waals surface area contributed by atoms with E-state index in [1.54, 1.807) is 15.6 Å². The number of carbonyl (C=O) groups excluding carboxylic acids is 2. The minimum absolute atomic E-state index is 0.151. The van der Waals surface area contributed by atoms with E-state index in [1.807, 2.05) is 4.90 Å². The molecule has 1 aromatic carbocycles. The summed E-state index contributed by atoms with van der Waals surface area (Å²) in [4.78, 5) is 32.9. The standard InChI is InChI=1S/C34H47F3N6O4S/c35-34(36,37)28-7-6-24(19-30(28)48-18-17-39-11-2-1-3-12-39)33-27-22-41(32(47)23-44)16-10-29(27)43(38-33)21-26(45)20-40-14-8-25(9-15-40)42-13-4-5-31(42)46/h6-7,19,25-26,44-45H,1-5,8-18,20-23H2. The molecular formula is C34H47F3N6O4S. The van der Waals surface area contributed by atoms with Crippen molar-refractivity contribution in [2.75, 3.05) is 64.7 Å². The first-order valence-corrected chi connectivity index (χ1v) is 18.3. The van der Waals surface area contributed by atoms with Crippen molar-refractivity contribution in [2.24, 2.45) is 0 Å². The molecule has 264 valence electrons. The van der Waals surface area contributed by atoms with E-state index >= 15 is 0 Å². The second-order valence-electron chi connectivity index (χ2n) is 13.5. The molecule has 0 bridgehead atoms. The maximum absolute atomic E-state index is 14.1. The number of hydrogen-bond donors (Lipinski definition) is 2. The largest absolute Gasteiger partial charge is 0.417 e. The SMILES string of the molecule is O=C(CO)N1CCc2c(c(-c3ccc(C(F)(F)F)c(SCCN4CCCCC4)c3)nn2CC(O)CN2CCC(N3CCCC3=O)CC2)C1. The van der Waals surface area contributed by atoms with Gasteiger partial charge in [0.05, 0.1) is 23.9 Å². The molecule has 0 spiro atoms. The zero-order chi connectivity index (χ0) is 33.8. The highest BCUT2D eigenvalue weighted by Gasteiger charge is 2.35. The maximum Gasteiger partial charge on any atom is 0.417 e. The van der Waals surface area contributed by atoms with E-state index in [0.717, 1.165) is 88.7 Å². The zero-order valence-corrected chi connectivity index (χ0v) is 28.3. The van der Waals surface area contributed by atoms with E-state index in [2.05, 4.69) is 9.80 Å². The van der Waals surface area contributed by atoms with Crippen LogP contribution < -0.4 is 0 Å². The lowest BCUT2D eigenvalue weighted by Crippen LogP contribution is -2.47. The van der Waals surface area contributed by atoms with Crippen molar-refractivity contribution in [3.05, 3.63) is 35.0 Å². The van der Waals surface area contributed by atoms with Crippen LogP contribution in [0.1, 0.15) is 61.8 Å². The Labute approximate surface area is 284 Å². The lowest BCUT2D eigenvalue weighted by molar-refractivity contribution is -0.139. The van der Waals surface area contributed by atoms with Gasteiger partial charge in [0.25, 0.3) is 0 Å². The van der Waals surface area contributed by atoms with E-state index in [-0.39, 0.29) is 29.9 Å². The number of aliphatic hydroxyl groups excluding tert-OH is 2. The van der Waals surface area contributed by atoms with E-state index in [0.29, 0.717) is 42.9 Å². The number of nitrogens with zero attached hydrogens (tertiary/aromatic N) is 6. The molecule has 4 aliphatic heterocycles. The maximum atomic E-state index is 14.1. The highest BCUT2D eigenvalue weighted by molar-refractivity contribution is 7.99. The summed E-state index contributed by atoms with van der Waals surface area (Å²) in [6, 6.07) is 4.39. The molecule has 48 heavy (non-hydrogen) atoms. The minimum Gasteiger partial charge on any atom is -0.390 e. The minimum atomic E-state index is -4.50. The molecular weight excluding hydrogens is 645 g/mol. The van der Waals surface area contributed by atoms with Crippen LogP contribution >= 0.6 is 11.8 Å². The number of β-amino-alcohol motifs (C(OH)–C–C–N with tert-alkyl or cyclic N) is 1. The van der Waals surface area contributed by atoms with Crippen molar-refractivity contribution in [3.8, 4) is 11.3 Å². The summed E-state index contributed by atoms with van der Waals surface area (Å²) >= 11 is 1.21. The molecule has 10 nitrogen and oxygen atoms in total. The fourth-order valence-corrected chi connectivity index (χ4v) is 8.82. The van der Waals surface area contributed by atoms with Crippen LogP contribution in [0.4, 0.5) is 13.2 Å². The van der Waals surface area contributed by atoms with E-state index < -0.39 is 30.4 Å². The Bertz CT molecular complexity index is 1440. The molecule has 4 aliphatic rings. The highest BCUT2D eigenvalue weighted by Crippen LogP contribution is 2.40. The third-order valence-electron chi connectivity index (χ3n) is 10.3. The molecule has 2 N–H and O–H groups in total. The molecule has 2 aromatic rings. The number of thioether (sulfide) groups is 1. The lowest BCUT2D eigenvalue weighted by Gasteiger charge is -2.37. The van der Waals surface area contributed by atoms with Crippen LogP contribution in [0, 0.1) is 0 Å². The summed E-state index contributed by atoms with van der Waals surface area (Å²) < 4.78 is 44.1. The van der Waals surface area contributed by atoms with E-state index in [9.17, 15) is 33.0 Å². The van der Waals surface area contributed by atoms with Crippen LogP contribution in [-0.2, 0) is 35.3 Å². The summed E-state index contributed by atoms with van der Waals surface area (Å²) in [5.41, 5.74) is 1.93. The number of rotatable bonds is 11. The summed E-state index contributed by atoms with van der Waals surface area (Å²) in [5.74, 6) is 0.360. The third-order valence-corrected chi connectivity index (χ3v) is 11.3. The Kier molecular flexibility index (Phi) is 11.4. The first kappa shape index (κ1) is 35.2. The van der Waals surface area contributed by atoms with Gasteiger partial charge in [-0.25, -0.2) is 0 Å². The summed E-state index contributed by atoms with van der Waals surface area (Å²) in [6.07, 6.45) is 1.94. The van der Waals surface area contributed by atoms with Crippen LogP contribution in [0.3, 0.4) is 0 Å². The smallest absolute Gasteiger partial charge is 0.390 e. The normalized spacial score (nSPS) is 20.8. The van der Waals surface area contributed by atoms with Gasteiger partial charge in [-0.2, -0.15) is 18.3 Å². The quantitative estimate of drug-likeness (QED) is 0.346. The second kappa shape index (κ2) is 15.5. The number of aromatic nitrogens is 2. The van der Waals surface area contributed by atoms with Gasteiger partial charge in [0.1, 0.15) is 6.61 Å².